The van der Waals surface area contributed by atoms with Gasteiger partial charge in [0.15, 0.2) is 0 Å². The molecule has 4 heteroatoms. The van der Waals surface area contributed by atoms with E-state index in [1.54, 1.807) is 19.2 Å². The molecule has 0 unspecified atom stereocenters. The van der Waals surface area contributed by atoms with Crippen LogP contribution in [0.15, 0.2) is 42.5 Å². The first-order valence-electron chi connectivity index (χ1n) is 7.53. The van der Waals surface area contributed by atoms with Gasteiger partial charge in [-0.3, -0.25) is 0 Å². The molecule has 0 fully saturated rings. The van der Waals surface area contributed by atoms with Crippen LogP contribution in [0.1, 0.15) is 17.5 Å². The number of hydrogen-bond acceptors (Lipinski definition) is 3. The Balaban J connectivity index is 1.52. The molecule has 3 rings (SSSR count). The molecule has 0 amide bonds. The van der Waals surface area contributed by atoms with Crippen LogP contribution < -0.4 is 14.8 Å². The van der Waals surface area contributed by atoms with Crippen molar-refractivity contribution in [3.8, 4) is 11.5 Å². The van der Waals surface area contributed by atoms with Gasteiger partial charge in [0, 0.05) is 19.2 Å². The number of hydrogen-bond donors (Lipinski definition) is 1. The first-order chi connectivity index (χ1) is 10.7. The molecule has 0 saturated heterocycles. The molecule has 2 aromatic carbocycles. The highest BCUT2D eigenvalue weighted by atomic mass is 19.1. The molecule has 3 nitrogen and oxygen atoms in total. The maximum absolute atomic E-state index is 12.9. The Bertz CT molecular complexity index is 627. The van der Waals surface area contributed by atoms with Crippen LogP contribution in [0.25, 0.3) is 0 Å². The van der Waals surface area contributed by atoms with Crippen molar-refractivity contribution in [3.63, 3.8) is 0 Å². The third kappa shape index (κ3) is 3.57. The van der Waals surface area contributed by atoms with Crippen LogP contribution in [0.3, 0.4) is 0 Å². The average Bonchev–Trinajstić information content (AvgIpc) is 2.56. The highest BCUT2D eigenvalue weighted by Gasteiger charge is 2.19. The molecular formula is C18H20FNO2. The molecule has 1 heterocycles. The van der Waals surface area contributed by atoms with E-state index < -0.39 is 0 Å². The summed E-state index contributed by atoms with van der Waals surface area (Å²) >= 11 is 0. The SMILES string of the molecule is COc1ccc2c(c1)O[C@@H](CNCc1ccc(F)cc1)CC2. The quantitative estimate of drug-likeness (QED) is 0.919. The Morgan fingerprint density at radius 3 is 2.82 bits per heavy atom. The molecule has 0 radical (unpaired) electrons. The van der Waals surface area contributed by atoms with Crippen molar-refractivity contribution in [2.75, 3.05) is 13.7 Å². The summed E-state index contributed by atoms with van der Waals surface area (Å²) in [5.41, 5.74) is 2.30. The highest BCUT2D eigenvalue weighted by molar-refractivity contribution is 5.42. The fraction of sp³-hybridized carbons (Fsp3) is 0.333. The van der Waals surface area contributed by atoms with Crippen molar-refractivity contribution in [2.24, 2.45) is 0 Å². The zero-order valence-corrected chi connectivity index (χ0v) is 12.6. The molecule has 2 aromatic rings. The van der Waals surface area contributed by atoms with Gasteiger partial charge >= 0.3 is 0 Å². The average molecular weight is 301 g/mol. The molecule has 0 spiro atoms. The van der Waals surface area contributed by atoms with E-state index in [1.165, 1.54) is 17.7 Å². The van der Waals surface area contributed by atoms with Crippen LogP contribution in [0.5, 0.6) is 11.5 Å². The van der Waals surface area contributed by atoms with E-state index in [0.717, 1.165) is 36.4 Å². The Morgan fingerprint density at radius 1 is 1.23 bits per heavy atom. The Morgan fingerprint density at radius 2 is 2.05 bits per heavy atom. The number of halogens is 1. The predicted molar refractivity (Wildman–Crippen MR) is 83.8 cm³/mol. The van der Waals surface area contributed by atoms with Crippen LogP contribution in [-0.2, 0) is 13.0 Å². The van der Waals surface area contributed by atoms with Gasteiger partial charge < -0.3 is 14.8 Å². The van der Waals surface area contributed by atoms with Gasteiger partial charge in [-0.05, 0) is 42.2 Å². The van der Waals surface area contributed by atoms with Crippen LogP contribution in [-0.4, -0.2) is 19.8 Å². The molecule has 0 aliphatic carbocycles. The number of methoxy groups -OCH3 is 1. The minimum atomic E-state index is -0.204. The Kier molecular flexibility index (Phi) is 4.59. The number of ether oxygens (including phenoxy) is 2. The van der Waals surface area contributed by atoms with Crippen molar-refractivity contribution in [3.05, 3.63) is 59.4 Å². The highest BCUT2D eigenvalue weighted by Crippen LogP contribution is 2.31. The van der Waals surface area contributed by atoms with E-state index in [2.05, 4.69) is 11.4 Å². The van der Waals surface area contributed by atoms with E-state index in [1.807, 2.05) is 12.1 Å². The lowest BCUT2D eigenvalue weighted by Gasteiger charge is -2.26. The fourth-order valence-electron chi connectivity index (χ4n) is 2.66. The van der Waals surface area contributed by atoms with E-state index >= 15 is 0 Å². The third-order valence-corrected chi connectivity index (χ3v) is 3.92. The summed E-state index contributed by atoms with van der Waals surface area (Å²) in [4.78, 5) is 0. The monoisotopic (exact) mass is 301 g/mol. The number of benzene rings is 2. The second kappa shape index (κ2) is 6.79. The molecule has 0 aromatic heterocycles. The first kappa shape index (κ1) is 14.9. The summed E-state index contributed by atoms with van der Waals surface area (Å²) in [7, 11) is 1.66. The molecular weight excluding hydrogens is 281 g/mol. The lowest BCUT2D eigenvalue weighted by Crippen LogP contribution is -2.33. The minimum absolute atomic E-state index is 0.153. The van der Waals surface area contributed by atoms with Crippen LogP contribution in [0.2, 0.25) is 0 Å². The van der Waals surface area contributed by atoms with Gasteiger partial charge in [0.25, 0.3) is 0 Å². The maximum atomic E-state index is 12.9. The summed E-state index contributed by atoms with van der Waals surface area (Å²) in [6, 6.07) is 12.5. The lowest BCUT2D eigenvalue weighted by molar-refractivity contribution is 0.169. The molecule has 1 aliphatic rings. The maximum Gasteiger partial charge on any atom is 0.126 e. The van der Waals surface area contributed by atoms with Crippen LogP contribution in [0, 0.1) is 5.82 Å². The largest absolute Gasteiger partial charge is 0.497 e. The van der Waals surface area contributed by atoms with Crippen molar-refractivity contribution in [1.82, 2.24) is 5.32 Å². The van der Waals surface area contributed by atoms with Crippen molar-refractivity contribution in [2.45, 2.75) is 25.5 Å². The van der Waals surface area contributed by atoms with Gasteiger partial charge in [-0.25, -0.2) is 4.39 Å². The standard InChI is InChI=1S/C18H20FNO2/c1-21-16-8-4-14-5-9-17(22-18(14)10-16)12-20-11-13-2-6-15(19)7-3-13/h2-4,6-8,10,17,20H,5,9,11-12H2,1H3/t17-/m1/s1. The third-order valence-electron chi connectivity index (χ3n) is 3.92. The normalized spacial score (nSPS) is 16.7. The molecule has 1 N–H and O–H groups in total. The minimum Gasteiger partial charge on any atom is -0.497 e. The van der Waals surface area contributed by atoms with Gasteiger partial charge in [0.1, 0.15) is 23.4 Å². The van der Waals surface area contributed by atoms with Gasteiger partial charge in [0.05, 0.1) is 7.11 Å². The molecule has 1 atom stereocenters. The molecule has 116 valence electrons. The first-order valence-corrected chi connectivity index (χ1v) is 7.53. The van der Waals surface area contributed by atoms with E-state index in [-0.39, 0.29) is 11.9 Å². The Labute approximate surface area is 130 Å². The van der Waals surface area contributed by atoms with Crippen molar-refractivity contribution < 1.29 is 13.9 Å². The van der Waals surface area contributed by atoms with Crippen molar-refractivity contribution >= 4 is 0 Å². The lowest BCUT2D eigenvalue weighted by atomic mass is 10.0. The summed E-state index contributed by atoms with van der Waals surface area (Å²) in [6.07, 6.45) is 2.16. The molecule has 1 aliphatic heterocycles. The smallest absolute Gasteiger partial charge is 0.126 e. The second-order valence-electron chi connectivity index (χ2n) is 5.51. The van der Waals surface area contributed by atoms with Crippen molar-refractivity contribution in [1.29, 1.82) is 0 Å². The molecule has 0 bridgehead atoms. The van der Waals surface area contributed by atoms with Gasteiger partial charge in [-0.2, -0.15) is 0 Å². The second-order valence-corrected chi connectivity index (χ2v) is 5.51. The van der Waals surface area contributed by atoms with Gasteiger partial charge in [-0.15, -0.1) is 0 Å². The summed E-state index contributed by atoms with van der Waals surface area (Å²) < 4.78 is 24.1. The fourth-order valence-corrected chi connectivity index (χ4v) is 2.66. The molecule has 22 heavy (non-hydrogen) atoms. The predicted octanol–water partition coefficient (Wildman–Crippen LogP) is 3.32. The topological polar surface area (TPSA) is 30.5 Å². The summed E-state index contributed by atoms with van der Waals surface area (Å²) in [6.45, 7) is 1.49. The van der Waals surface area contributed by atoms with E-state index in [9.17, 15) is 4.39 Å². The number of rotatable bonds is 5. The number of nitrogens with one attached hydrogen (secondary N) is 1. The molecule has 0 saturated carbocycles. The van der Waals surface area contributed by atoms with E-state index in [4.69, 9.17) is 9.47 Å². The Hall–Kier alpha value is -2.07. The van der Waals surface area contributed by atoms with Gasteiger partial charge in [-0.1, -0.05) is 18.2 Å². The van der Waals surface area contributed by atoms with Crippen LogP contribution in [0.4, 0.5) is 4.39 Å². The van der Waals surface area contributed by atoms with Gasteiger partial charge in [0.2, 0.25) is 0 Å². The number of aryl methyl sites for hydroxylation is 1. The summed E-state index contributed by atoms with van der Waals surface area (Å²) in [5, 5.41) is 3.37. The van der Waals surface area contributed by atoms with E-state index in [0.29, 0.717) is 6.54 Å². The summed E-state index contributed by atoms with van der Waals surface area (Å²) in [5.74, 6) is 1.53. The number of fused-ring (bicyclic) bond motifs is 1. The van der Waals surface area contributed by atoms with Crippen LogP contribution >= 0.6 is 0 Å². The zero-order chi connectivity index (χ0) is 15.4. The zero-order valence-electron chi connectivity index (χ0n) is 12.6.